The van der Waals surface area contributed by atoms with Crippen molar-refractivity contribution >= 4 is 17.2 Å². The molecule has 0 radical (unpaired) electrons. The van der Waals surface area contributed by atoms with Gasteiger partial charge in [-0.2, -0.15) is 0 Å². The molecule has 0 spiro atoms. The first kappa shape index (κ1) is 13.1. The molecule has 0 saturated carbocycles. The number of likely N-dealkylation sites (tertiary alicyclic amines) is 1. The summed E-state index contributed by atoms with van der Waals surface area (Å²) in [6.07, 6.45) is 2.59. The molecular formula is C14H21N3OS. The highest BCUT2D eigenvalue weighted by molar-refractivity contribution is 7.10. The molecule has 1 N–H and O–H groups in total. The standard InChI is InChI=1S/C14H21N3OS/c1-16-6-2-4-11(9-16)10-17-13(18)8-15-14(17)12-5-3-7-19-12/h3,5,7,11,14-15H,2,4,6,8-10H2,1H3. The lowest BCUT2D eigenvalue weighted by Crippen LogP contribution is -2.41. The van der Waals surface area contributed by atoms with Crippen LogP contribution in [0.4, 0.5) is 0 Å². The SMILES string of the molecule is CN1CCCC(CN2C(=O)CNC2c2cccs2)C1. The molecule has 2 unspecified atom stereocenters. The van der Waals surface area contributed by atoms with E-state index < -0.39 is 0 Å². The minimum absolute atomic E-state index is 0.0970. The number of carbonyl (C=O) groups is 1. The molecular weight excluding hydrogens is 258 g/mol. The second kappa shape index (κ2) is 5.61. The topological polar surface area (TPSA) is 35.6 Å². The fraction of sp³-hybridized carbons (Fsp3) is 0.643. The van der Waals surface area contributed by atoms with Crippen LogP contribution in [0.25, 0.3) is 0 Å². The predicted molar refractivity (Wildman–Crippen MR) is 77.0 cm³/mol. The molecule has 0 aliphatic carbocycles. The van der Waals surface area contributed by atoms with Gasteiger partial charge in [-0.05, 0) is 43.8 Å². The maximum absolute atomic E-state index is 12.1. The maximum Gasteiger partial charge on any atom is 0.238 e. The third-order valence-corrected chi connectivity index (χ3v) is 4.99. The van der Waals surface area contributed by atoms with Crippen LogP contribution in [0, 0.1) is 5.92 Å². The smallest absolute Gasteiger partial charge is 0.238 e. The highest BCUT2D eigenvalue weighted by Gasteiger charge is 2.34. The number of piperidine rings is 1. The first-order chi connectivity index (χ1) is 9.24. The van der Waals surface area contributed by atoms with Gasteiger partial charge in [0.05, 0.1) is 6.54 Å². The summed E-state index contributed by atoms with van der Waals surface area (Å²) in [6, 6.07) is 4.16. The number of hydrogen-bond acceptors (Lipinski definition) is 4. The molecule has 1 aromatic heterocycles. The molecule has 104 valence electrons. The van der Waals surface area contributed by atoms with Crippen LogP contribution in [0.15, 0.2) is 17.5 Å². The van der Waals surface area contributed by atoms with E-state index in [0.29, 0.717) is 12.5 Å². The van der Waals surface area contributed by atoms with Crippen LogP contribution in [0.1, 0.15) is 23.9 Å². The van der Waals surface area contributed by atoms with Crippen LogP contribution >= 0.6 is 11.3 Å². The molecule has 1 amide bonds. The summed E-state index contributed by atoms with van der Waals surface area (Å²) in [5.41, 5.74) is 0. The third-order valence-electron chi connectivity index (χ3n) is 4.07. The van der Waals surface area contributed by atoms with E-state index in [1.54, 1.807) is 11.3 Å². The van der Waals surface area contributed by atoms with Gasteiger partial charge in [0.25, 0.3) is 0 Å². The molecule has 19 heavy (non-hydrogen) atoms. The normalized spacial score (nSPS) is 29.1. The lowest BCUT2D eigenvalue weighted by Gasteiger charge is -2.34. The van der Waals surface area contributed by atoms with Gasteiger partial charge in [-0.15, -0.1) is 11.3 Å². The second-order valence-electron chi connectivity index (χ2n) is 5.62. The van der Waals surface area contributed by atoms with Crippen molar-refractivity contribution < 1.29 is 4.79 Å². The van der Waals surface area contributed by atoms with Gasteiger partial charge in [0.2, 0.25) is 5.91 Å². The largest absolute Gasteiger partial charge is 0.321 e. The molecule has 3 heterocycles. The summed E-state index contributed by atoms with van der Waals surface area (Å²) in [7, 11) is 2.17. The van der Waals surface area contributed by atoms with Crippen molar-refractivity contribution in [3.8, 4) is 0 Å². The Morgan fingerprint density at radius 1 is 1.53 bits per heavy atom. The predicted octanol–water partition coefficient (Wildman–Crippen LogP) is 1.52. The van der Waals surface area contributed by atoms with E-state index in [-0.39, 0.29) is 12.1 Å². The Balaban J connectivity index is 1.68. The van der Waals surface area contributed by atoms with E-state index in [0.717, 1.165) is 13.1 Å². The fourth-order valence-corrected chi connectivity index (χ4v) is 3.96. The van der Waals surface area contributed by atoms with Gasteiger partial charge in [-0.3, -0.25) is 10.1 Å². The van der Waals surface area contributed by atoms with Crippen molar-refractivity contribution in [1.29, 1.82) is 0 Å². The molecule has 2 saturated heterocycles. The van der Waals surface area contributed by atoms with Gasteiger partial charge in [0, 0.05) is 18.0 Å². The quantitative estimate of drug-likeness (QED) is 0.911. The summed E-state index contributed by atoms with van der Waals surface area (Å²) in [4.78, 5) is 17.7. The summed E-state index contributed by atoms with van der Waals surface area (Å²) in [5.74, 6) is 0.858. The zero-order chi connectivity index (χ0) is 13.2. The highest BCUT2D eigenvalue weighted by atomic mass is 32.1. The molecule has 5 heteroatoms. The van der Waals surface area contributed by atoms with E-state index in [1.807, 2.05) is 4.90 Å². The van der Waals surface area contributed by atoms with Crippen LogP contribution in [-0.4, -0.2) is 48.9 Å². The zero-order valence-corrected chi connectivity index (χ0v) is 12.2. The average Bonchev–Trinajstić information content (AvgIpc) is 3.01. The Kier molecular flexibility index (Phi) is 3.86. The van der Waals surface area contributed by atoms with Crippen molar-refractivity contribution in [2.24, 2.45) is 5.92 Å². The van der Waals surface area contributed by atoms with E-state index >= 15 is 0 Å². The maximum atomic E-state index is 12.1. The highest BCUT2D eigenvalue weighted by Crippen LogP contribution is 2.28. The molecule has 3 rings (SSSR count). The minimum atomic E-state index is 0.0970. The van der Waals surface area contributed by atoms with Crippen molar-refractivity contribution in [3.63, 3.8) is 0 Å². The molecule has 2 fully saturated rings. The van der Waals surface area contributed by atoms with E-state index in [4.69, 9.17) is 0 Å². The van der Waals surface area contributed by atoms with Crippen LogP contribution in [0.2, 0.25) is 0 Å². The van der Waals surface area contributed by atoms with E-state index in [2.05, 4.69) is 34.8 Å². The van der Waals surface area contributed by atoms with Gasteiger partial charge < -0.3 is 9.80 Å². The van der Waals surface area contributed by atoms with Crippen molar-refractivity contribution in [3.05, 3.63) is 22.4 Å². The van der Waals surface area contributed by atoms with Crippen molar-refractivity contribution in [2.75, 3.05) is 33.2 Å². The van der Waals surface area contributed by atoms with Crippen LogP contribution < -0.4 is 5.32 Å². The number of nitrogens with zero attached hydrogens (tertiary/aromatic N) is 2. The fourth-order valence-electron chi connectivity index (χ4n) is 3.15. The Hall–Kier alpha value is -0.910. The Morgan fingerprint density at radius 3 is 3.16 bits per heavy atom. The van der Waals surface area contributed by atoms with Gasteiger partial charge in [-0.25, -0.2) is 0 Å². The lowest BCUT2D eigenvalue weighted by atomic mass is 9.98. The summed E-state index contributed by atoms with van der Waals surface area (Å²) >= 11 is 1.72. The first-order valence-electron chi connectivity index (χ1n) is 6.99. The molecule has 2 aliphatic rings. The molecule has 2 aliphatic heterocycles. The molecule has 1 aromatic rings. The van der Waals surface area contributed by atoms with E-state index in [9.17, 15) is 4.79 Å². The van der Waals surface area contributed by atoms with Gasteiger partial charge in [0.15, 0.2) is 0 Å². The zero-order valence-electron chi connectivity index (χ0n) is 11.3. The summed E-state index contributed by atoms with van der Waals surface area (Å²) < 4.78 is 0. The van der Waals surface area contributed by atoms with E-state index in [1.165, 1.54) is 24.3 Å². The molecule has 2 atom stereocenters. The summed E-state index contributed by atoms with van der Waals surface area (Å²) in [5, 5.41) is 5.41. The number of hydrogen-bond donors (Lipinski definition) is 1. The number of nitrogens with one attached hydrogen (secondary N) is 1. The van der Waals surface area contributed by atoms with Crippen molar-refractivity contribution in [2.45, 2.75) is 19.0 Å². The summed E-state index contributed by atoms with van der Waals surface area (Å²) in [6.45, 7) is 3.67. The Labute approximate surface area is 118 Å². The number of carbonyl (C=O) groups excluding carboxylic acids is 1. The van der Waals surface area contributed by atoms with Crippen molar-refractivity contribution in [1.82, 2.24) is 15.1 Å². The Morgan fingerprint density at radius 2 is 2.42 bits per heavy atom. The van der Waals surface area contributed by atoms with Gasteiger partial charge in [0.1, 0.15) is 6.17 Å². The Bertz CT molecular complexity index is 434. The minimum Gasteiger partial charge on any atom is -0.321 e. The molecule has 0 bridgehead atoms. The molecule has 0 aromatic carbocycles. The number of thiophene rings is 1. The number of rotatable bonds is 3. The number of amides is 1. The lowest BCUT2D eigenvalue weighted by molar-refractivity contribution is -0.128. The first-order valence-corrected chi connectivity index (χ1v) is 7.87. The van der Waals surface area contributed by atoms with Gasteiger partial charge in [-0.1, -0.05) is 6.07 Å². The molecule has 4 nitrogen and oxygen atoms in total. The second-order valence-corrected chi connectivity index (χ2v) is 6.59. The van der Waals surface area contributed by atoms with Crippen LogP contribution in [-0.2, 0) is 4.79 Å². The van der Waals surface area contributed by atoms with Crippen LogP contribution in [0.5, 0.6) is 0 Å². The monoisotopic (exact) mass is 279 g/mol. The van der Waals surface area contributed by atoms with Crippen LogP contribution in [0.3, 0.4) is 0 Å². The third kappa shape index (κ3) is 2.83. The van der Waals surface area contributed by atoms with Gasteiger partial charge >= 0.3 is 0 Å². The average molecular weight is 279 g/mol.